The van der Waals surface area contributed by atoms with Crippen molar-refractivity contribution < 1.29 is 9.31 Å². The fraction of sp³-hybridized carbons (Fsp3) is 0.636. The molecule has 1 aliphatic heterocycles. The molecule has 0 saturated carbocycles. The highest BCUT2D eigenvalue weighted by molar-refractivity contribution is 6.60. The van der Waals surface area contributed by atoms with E-state index >= 15 is 0 Å². The maximum Gasteiger partial charge on any atom is 0.534 e. The van der Waals surface area contributed by atoms with E-state index in [0.717, 1.165) is 5.56 Å². The summed E-state index contributed by atoms with van der Waals surface area (Å²) < 4.78 is 11.7. The summed E-state index contributed by atoms with van der Waals surface area (Å²) >= 11 is 5.97. The third-order valence-electron chi connectivity index (χ3n) is 3.39. The molecule has 1 fully saturated rings. The predicted molar refractivity (Wildman–Crippen MR) is 67.5 cm³/mol. The number of rotatable bonds is 1. The van der Waals surface area contributed by atoms with Gasteiger partial charge in [0.05, 0.1) is 11.2 Å². The van der Waals surface area contributed by atoms with Gasteiger partial charge in [-0.15, -0.1) is 0 Å². The molecule has 2 heterocycles. The van der Waals surface area contributed by atoms with Gasteiger partial charge in [-0.25, -0.2) is 9.97 Å². The van der Waals surface area contributed by atoms with Crippen LogP contribution in [0.25, 0.3) is 0 Å². The molecule has 0 radical (unpaired) electrons. The van der Waals surface area contributed by atoms with Gasteiger partial charge in [-0.1, -0.05) is 11.6 Å². The van der Waals surface area contributed by atoms with Crippen LogP contribution in [-0.4, -0.2) is 28.3 Å². The molecular weight excluding hydrogens is 238 g/mol. The molecule has 0 atom stereocenters. The van der Waals surface area contributed by atoms with Crippen molar-refractivity contribution in [2.75, 3.05) is 0 Å². The van der Waals surface area contributed by atoms with Crippen molar-refractivity contribution in [3.05, 3.63) is 16.9 Å². The molecule has 0 bridgehead atoms. The fourth-order valence-corrected chi connectivity index (χ4v) is 1.63. The van der Waals surface area contributed by atoms with Crippen LogP contribution in [0.4, 0.5) is 0 Å². The standard InChI is InChI=1S/C11H16BClN2O2/c1-7-6-14-9(15-8(7)13)12-16-10(2,3)11(4,5)17-12/h6H,1-5H3. The van der Waals surface area contributed by atoms with E-state index in [9.17, 15) is 0 Å². The Labute approximate surface area is 107 Å². The Hall–Kier alpha value is -0.645. The van der Waals surface area contributed by atoms with E-state index in [0.29, 0.717) is 10.9 Å². The highest BCUT2D eigenvalue weighted by Crippen LogP contribution is 2.36. The molecule has 1 aliphatic rings. The van der Waals surface area contributed by atoms with E-state index in [1.165, 1.54) is 0 Å². The Kier molecular flexibility index (Phi) is 2.96. The average Bonchev–Trinajstić information content (AvgIpc) is 2.41. The molecule has 4 nitrogen and oxygen atoms in total. The van der Waals surface area contributed by atoms with Crippen LogP contribution >= 0.6 is 11.6 Å². The Morgan fingerprint density at radius 1 is 1.18 bits per heavy atom. The molecule has 0 amide bonds. The fourth-order valence-electron chi connectivity index (χ4n) is 1.50. The minimum Gasteiger partial charge on any atom is -0.397 e. The van der Waals surface area contributed by atoms with Gasteiger partial charge in [-0.3, -0.25) is 0 Å². The van der Waals surface area contributed by atoms with Crippen molar-refractivity contribution in [3.8, 4) is 0 Å². The molecule has 1 saturated heterocycles. The summed E-state index contributed by atoms with van der Waals surface area (Å²) in [6, 6.07) is 0. The van der Waals surface area contributed by atoms with Crippen molar-refractivity contribution >= 4 is 24.4 Å². The van der Waals surface area contributed by atoms with Crippen LogP contribution in [-0.2, 0) is 9.31 Å². The molecule has 2 rings (SSSR count). The van der Waals surface area contributed by atoms with Crippen molar-refractivity contribution in [1.29, 1.82) is 0 Å². The van der Waals surface area contributed by atoms with Gasteiger partial charge < -0.3 is 9.31 Å². The number of hydrogen-bond acceptors (Lipinski definition) is 4. The summed E-state index contributed by atoms with van der Waals surface area (Å²) in [6.07, 6.45) is 1.68. The average molecular weight is 255 g/mol. The molecule has 92 valence electrons. The minimum absolute atomic E-state index is 0.390. The van der Waals surface area contributed by atoms with Gasteiger partial charge in [0.15, 0.2) is 5.72 Å². The van der Waals surface area contributed by atoms with Gasteiger partial charge in [0.1, 0.15) is 5.15 Å². The first-order valence-electron chi connectivity index (χ1n) is 5.58. The molecule has 0 spiro atoms. The second-order valence-electron chi connectivity index (χ2n) is 5.29. The van der Waals surface area contributed by atoms with Crippen LogP contribution in [0.15, 0.2) is 6.20 Å². The number of nitrogens with zero attached hydrogens (tertiary/aromatic N) is 2. The minimum atomic E-state index is -0.557. The monoisotopic (exact) mass is 254 g/mol. The van der Waals surface area contributed by atoms with Crippen molar-refractivity contribution in [2.45, 2.75) is 45.8 Å². The zero-order valence-electron chi connectivity index (χ0n) is 10.7. The smallest absolute Gasteiger partial charge is 0.397 e. The van der Waals surface area contributed by atoms with Crippen LogP contribution in [0.1, 0.15) is 33.3 Å². The molecule has 6 heteroatoms. The van der Waals surface area contributed by atoms with E-state index in [2.05, 4.69) is 9.97 Å². The summed E-state index contributed by atoms with van der Waals surface area (Å²) in [5, 5.41) is 0.435. The quantitative estimate of drug-likeness (QED) is 0.566. The molecule has 1 aromatic rings. The maximum absolute atomic E-state index is 5.97. The van der Waals surface area contributed by atoms with E-state index in [1.54, 1.807) is 6.20 Å². The lowest BCUT2D eigenvalue weighted by atomic mass is 9.89. The van der Waals surface area contributed by atoms with E-state index in [1.807, 2.05) is 34.6 Å². The highest BCUT2D eigenvalue weighted by Gasteiger charge is 2.53. The lowest BCUT2D eigenvalue weighted by molar-refractivity contribution is 0.00578. The molecule has 0 aromatic carbocycles. The van der Waals surface area contributed by atoms with Crippen LogP contribution in [0.5, 0.6) is 0 Å². The maximum atomic E-state index is 5.97. The van der Waals surface area contributed by atoms with Crippen LogP contribution in [0.3, 0.4) is 0 Å². The van der Waals surface area contributed by atoms with Crippen LogP contribution in [0.2, 0.25) is 5.15 Å². The summed E-state index contributed by atoms with van der Waals surface area (Å²) in [5.41, 5.74) is 0.530. The molecular formula is C11H16BClN2O2. The summed E-state index contributed by atoms with van der Waals surface area (Å²) in [6.45, 7) is 9.81. The summed E-state index contributed by atoms with van der Waals surface area (Å²) in [4.78, 5) is 8.40. The van der Waals surface area contributed by atoms with Gasteiger partial charge in [0, 0.05) is 11.8 Å². The Bertz CT molecular complexity index is 435. The Morgan fingerprint density at radius 2 is 1.71 bits per heavy atom. The normalized spacial score (nSPS) is 21.9. The first-order valence-corrected chi connectivity index (χ1v) is 5.95. The van der Waals surface area contributed by atoms with Gasteiger partial charge in [-0.05, 0) is 34.6 Å². The molecule has 0 N–H and O–H groups in total. The lowest BCUT2D eigenvalue weighted by Gasteiger charge is -2.32. The van der Waals surface area contributed by atoms with Gasteiger partial charge in [0.25, 0.3) is 0 Å². The van der Waals surface area contributed by atoms with Crippen LogP contribution in [0, 0.1) is 6.92 Å². The van der Waals surface area contributed by atoms with Gasteiger partial charge in [-0.2, -0.15) is 0 Å². The molecule has 17 heavy (non-hydrogen) atoms. The van der Waals surface area contributed by atoms with E-state index in [-0.39, 0.29) is 0 Å². The highest BCUT2D eigenvalue weighted by atomic mass is 35.5. The van der Waals surface area contributed by atoms with E-state index in [4.69, 9.17) is 20.9 Å². The second-order valence-corrected chi connectivity index (χ2v) is 5.65. The van der Waals surface area contributed by atoms with Gasteiger partial charge >= 0.3 is 7.12 Å². The van der Waals surface area contributed by atoms with Crippen molar-refractivity contribution in [3.63, 3.8) is 0 Å². The lowest BCUT2D eigenvalue weighted by Crippen LogP contribution is -2.41. The largest absolute Gasteiger partial charge is 0.534 e. The zero-order valence-corrected chi connectivity index (χ0v) is 11.5. The Morgan fingerprint density at radius 3 is 2.18 bits per heavy atom. The summed E-state index contributed by atoms with van der Waals surface area (Å²) in [5.74, 6) is 0. The molecule has 0 aliphatic carbocycles. The SMILES string of the molecule is Cc1cnc(B2OC(C)(C)C(C)(C)O2)nc1Cl. The molecule has 0 unspecified atom stereocenters. The number of halogens is 1. The first-order chi connectivity index (χ1) is 7.73. The molecule has 1 aromatic heterocycles. The zero-order chi connectivity index (χ0) is 12.8. The second kappa shape index (κ2) is 3.94. The van der Waals surface area contributed by atoms with Gasteiger partial charge in [0.2, 0.25) is 0 Å². The predicted octanol–water partition coefficient (Wildman–Crippen LogP) is 1.74. The number of aryl methyl sites for hydroxylation is 1. The third-order valence-corrected chi connectivity index (χ3v) is 3.78. The number of hydrogen-bond donors (Lipinski definition) is 0. The summed E-state index contributed by atoms with van der Waals surface area (Å²) in [7, 11) is -0.557. The van der Waals surface area contributed by atoms with Crippen molar-refractivity contribution in [2.24, 2.45) is 0 Å². The van der Waals surface area contributed by atoms with Crippen LogP contribution < -0.4 is 5.72 Å². The number of aromatic nitrogens is 2. The first kappa shape index (κ1) is 12.8. The third kappa shape index (κ3) is 2.19. The Balaban J connectivity index is 2.29. The topological polar surface area (TPSA) is 44.2 Å². The van der Waals surface area contributed by atoms with Crippen molar-refractivity contribution in [1.82, 2.24) is 9.97 Å². The van der Waals surface area contributed by atoms with E-state index < -0.39 is 18.3 Å².